The van der Waals surface area contributed by atoms with E-state index in [1.807, 2.05) is 13.8 Å². The van der Waals surface area contributed by atoms with Gasteiger partial charge in [-0.15, -0.1) is 0 Å². The first-order chi connectivity index (χ1) is 7.35. The van der Waals surface area contributed by atoms with Crippen LogP contribution in [0.25, 0.3) is 0 Å². The van der Waals surface area contributed by atoms with Gasteiger partial charge in [-0.25, -0.2) is 0 Å². The Morgan fingerprint density at radius 3 is 2.56 bits per heavy atom. The number of hydrogen-bond acceptors (Lipinski definition) is 4. The average Bonchev–Trinajstić information content (AvgIpc) is 2.12. The van der Waals surface area contributed by atoms with Crippen molar-refractivity contribution in [2.24, 2.45) is 11.3 Å². The molecule has 0 heterocycles. The van der Waals surface area contributed by atoms with Gasteiger partial charge in [0.2, 0.25) is 0 Å². The average molecular weight is 230 g/mol. The highest BCUT2D eigenvalue weighted by atomic mass is 16.5. The Hall–Kier alpha value is -0.610. The Kier molecular flexibility index (Phi) is 4.33. The van der Waals surface area contributed by atoms with Crippen LogP contribution in [0.5, 0.6) is 0 Å². The minimum atomic E-state index is -0.808. The number of carbonyl (C=O) groups is 1. The molecule has 0 aromatic heterocycles. The van der Waals surface area contributed by atoms with Crippen molar-refractivity contribution in [2.45, 2.75) is 52.2 Å². The molecule has 1 rings (SSSR count). The van der Waals surface area contributed by atoms with Gasteiger partial charge in [0.25, 0.3) is 0 Å². The van der Waals surface area contributed by atoms with Gasteiger partial charge in [0, 0.05) is 0 Å². The quantitative estimate of drug-likeness (QED) is 0.712. The van der Waals surface area contributed by atoms with E-state index < -0.39 is 12.2 Å². The molecule has 0 aromatic carbocycles. The van der Waals surface area contributed by atoms with Crippen LogP contribution in [-0.2, 0) is 9.53 Å². The molecule has 0 radical (unpaired) electrons. The second kappa shape index (κ2) is 5.15. The molecule has 3 atom stereocenters. The van der Waals surface area contributed by atoms with Gasteiger partial charge in [0.05, 0.1) is 25.2 Å². The summed E-state index contributed by atoms with van der Waals surface area (Å²) in [6, 6.07) is 0. The Morgan fingerprint density at radius 2 is 2.00 bits per heavy atom. The second-order valence-corrected chi connectivity index (χ2v) is 5.40. The van der Waals surface area contributed by atoms with E-state index in [1.54, 1.807) is 6.92 Å². The number of aliphatic hydroxyl groups is 2. The molecule has 0 amide bonds. The Bertz CT molecular complexity index is 249. The standard InChI is InChI=1S/C12H22O4/c1-4-16-10(14)5-8-6-12(2,3)7-9(13)11(8)15/h8-9,11,13,15H,4-7H2,1-3H3. The maximum absolute atomic E-state index is 11.4. The highest BCUT2D eigenvalue weighted by molar-refractivity contribution is 5.69. The van der Waals surface area contributed by atoms with Gasteiger partial charge in [0.1, 0.15) is 0 Å². The lowest BCUT2D eigenvalue weighted by molar-refractivity contribution is -0.149. The summed E-state index contributed by atoms with van der Waals surface area (Å²) < 4.78 is 4.86. The van der Waals surface area contributed by atoms with Gasteiger partial charge >= 0.3 is 5.97 Å². The first kappa shape index (κ1) is 13.5. The fraction of sp³-hybridized carbons (Fsp3) is 0.917. The lowest BCUT2D eigenvalue weighted by Gasteiger charge is -2.41. The summed E-state index contributed by atoms with van der Waals surface area (Å²) in [6.45, 7) is 6.20. The maximum Gasteiger partial charge on any atom is 0.306 e. The zero-order valence-corrected chi connectivity index (χ0v) is 10.3. The molecule has 94 valence electrons. The van der Waals surface area contributed by atoms with Gasteiger partial charge < -0.3 is 14.9 Å². The van der Waals surface area contributed by atoms with Crippen LogP contribution in [0, 0.1) is 11.3 Å². The third-order valence-electron chi connectivity index (χ3n) is 3.19. The normalized spacial score (nSPS) is 33.4. The van der Waals surface area contributed by atoms with Crippen LogP contribution in [0.2, 0.25) is 0 Å². The van der Waals surface area contributed by atoms with Crippen LogP contribution in [0.15, 0.2) is 0 Å². The zero-order chi connectivity index (χ0) is 12.3. The van der Waals surface area contributed by atoms with E-state index in [2.05, 4.69) is 0 Å². The van der Waals surface area contributed by atoms with Crippen LogP contribution < -0.4 is 0 Å². The Labute approximate surface area is 96.6 Å². The number of carbonyl (C=O) groups excluding carboxylic acids is 1. The van der Waals surface area contributed by atoms with Gasteiger partial charge in [-0.1, -0.05) is 13.8 Å². The van der Waals surface area contributed by atoms with Crippen LogP contribution in [0.3, 0.4) is 0 Å². The van der Waals surface area contributed by atoms with E-state index in [4.69, 9.17) is 4.74 Å². The van der Waals surface area contributed by atoms with Crippen molar-refractivity contribution in [1.82, 2.24) is 0 Å². The van der Waals surface area contributed by atoms with Crippen molar-refractivity contribution < 1.29 is 19.7 Å². The lowest BCUT2D eigenvalue weighted by Crippen LogP contribution is -2.44. The number of aliphatic hydroxyl groups excluding tert-OH is 2. The molecular formula is C12H22O4. The molecule has 1 aliphatic carbocycles. The van der Waals surface area contributed by atoms with E-state index in [-0.39, 0.29) is 23.7 Å². The first-order valence-corrected chi connectivity index (χ1v) is 5.87. The van der Waals surface area contributed by atoms with Crippen molar-refractivity contribution in [1.29, 1.82) is 0 Å². The van der Waals surface area contributed by atoms with Gasteiger partial charge in [-0.3, -0.25) is 4.79 Å². The second-order valence-electron chi connectivity index (χ2n) is 5.40. The van der Waals surface area contributed by atoms with Gasteiger partial charge in [-0.2, -0.15) is 0 Å². The summed E-state index contributed by atoms with van der Waals surface area (Å²) in [5, 5.41) is 19.6. The SMILES string of the molecule is CCOC(=O)CC1CC(C)(C)CC(O)C1O. The number of ether oxygens (including phenoxy) is 1. The Balaban J connectivity index is 2.59. The van der Waals surface area contributed by atoms with E-state index in [1.165, 1.54) is 0 Å². The monoisotopic (exact) mass is 230 g/mol. The maximum atomic E-state index is 11.4. The first-order valence-electron chi connectivity index (χ1n) is 5.87. The minimum Gasteiger partial charge on any atom is -0.466 e. The van der Waals surface area contributed by atoms with Crippen LogP contribution in [-0.4, -0.2) is 35.0 Å². The van der Waals surface area contributed by atoms with Gasteiger partial charge in [0.15, 0.2) is 0 Å². The molecule has 1 fully saturated rings. The van der Waals surface area contributed by atoms with E-state index in [0.29, 0.717) is 13.0 Å². The van der Waals surface area contributed by atoms with Crippen LogP contribution in [0.1, 0.15) is 40.0 Å². The highest BCUT2D eigenvalue weighted by Crippen LogP contribution is 2.40. The zero-order valence-electron chi connectivity index (χ0n) is 10.3. The van der Waals surface area contributed by atoms with E-state index in [9.17, 15) is 15.0 Å². The van der Waals surface area contributed by atoms with Gasteiger partial charge in [-0.05, 0) is 31.1 Å². The van der Waals surface area contributed by atoms with E-state index >= 15 is 0 Å². The summed E-state index contributed by atoms with van der Waals surface area (Å²) >= 11 is 0. The molecule has 16 heavy (non-hydrogen) atoms. The summed E-state index contributed by atoms with van der Waals surface area (Å²) in [6.07, 6.45) is -0.0341. The van der Waals surface area contributed by atoms with Crippen molar-refractivity contribution in [3.8, 4) is 0 Å². The third-order valence-corrected chi connectivity index (χ3v) is 3.19. The molecular weight excluding hydrogens is 208 g/mol. The summed E-state index contributed by atoms with van der Waals surface area (Å²) in [7, 11) is 0. The van der Waals surface area contributed by atoms with Crippen LogP contribution in [0.4, 0.5) is 0 Å². The summed E-state index contributed by atoms with van der Waals surface area (Å²) in [5.41, 5.74) is -0.0319. The third kappa shape index (κ3) is 3.46. The van der Waals surface area contributed by atoms with Crippen molar-refractivity contribution in [3.05, 3.63) is 0 Å². The smallest absolute Gasteiger partial charge is 0.306 e. The molecule has 1 aliphatic rings. The molecule has 1 saturated carbocycles. The van der Waals surface area contributed by atoms with Crippen molar-refractivity contribution >= 4 is 5.97 Å². The Morgan fingerprint density at radius 1 is 1.38 bits per heavy atom. The summed E-state index contributed by atoms with van der Waals surface area (Å²) in [4.78, 5) is 11.4. The highest BCUT2D eigenvalue weighted by Gasteiger charge is 2.40. The molecule has 4 nitrogen and oxygen atoms in total. The largest absolute Gasteiger partial charge is 0.466 e. The van der Waals surface area contributed by atoms with Crippen molar-refractivity contribution in [2.75, 3.05) is 6.61 Å². The summed E-state index contributed by atoms with van der Waals surface area (Å²) in [5.74, 6) is -0.491. The lowest BCUT2D eigenvalue weighted by atomic mass is 9.68. The van der Waals surface area contributed by atoms with Crippen molar-refractivity contribution in [3.63, 3.8) is 0 Å². The fourth-order valence-electron chi connectivity index (χ4n) is 2.54. The topological polar surface area (TPSA) is 66.8 Å². The molecule has 3 unspecified atom stereocenters. The molecule has 4 heteroatoms. The number of hydrogen-bond donors (Lipinski definition) is 2. The fourth-order valence-corrected chi connectivity index (χ4v) is 2.54. The molecule has 0 bridgehead atoms. The minimum absolute atomic E-state index is 0.0319. The number of rotatable bonds is 3. The predicted molar refractivity (Wildman–Crippen MR) is 59.8 cm³/mol. The molecule has 0 aliphatic heterocycles. The molecule has 0 aromatic rings. The molecule has 0 saturated heterocycles. The predicted octanol–water partition coefficient (Wildman–Crippen LogP) is 1.10. The van der Waals surface area contributed by atoms with Crippen LogP contribution >= 0.6 is 0 Å². The van der Waals surface area contributed by atoms with E-state index in [0.717, 1.165) is 6.42 Å². The number of esters is 1. The molecule has 0 spiro atoms. The molecule has 2 N–H and O–H groups in total.